The summed E-state index contributed by atoms with van der Waals surface area (Å²) in [7, 11) is 1.63. The molecule has 9 heteroatoms. The molecular formula is C22H20ClN5O2S. The van der Waals surface area contributed by atoms with E-state index in [1.165, 1.54) is 4.68 Å². The average molecular weight is 454 g/mol. The fourth-order valence-corrected chi connectivity index (χ4v) is 3.58. The van der Waals surface area contributed by atoms with Gasteiger partial charge in [-0.3, -0.25) is 9.47 Å². The van der Waals surface area contributed by atoms with Crippen LogP contribution in [0.5, 0.6) is 5.75 Å². The molecule has 1 N–H and O–H groups in total. The van der Waals surface area contributed by atoms with Crippen LogP contribution in [0.15, 0.2) is 73.1 Å². The quantitative estimate of drug-likeness (QED) is 0.421. The number of anilines is 1. The van der Waals surface area contributed by atoms with E-state index in [0.29, 0.717) is 27.7 Å². The third-order valence-corrected chi connectivity index (χ3v) is 5.28. The molecule has 0 fully saturated rings. The average Bonchev–Trinajstić information content (AvgIpc) is 3.39. The summed E-state index contributed by atoms with van der Waals surface area (Å²) in [6.45, 7) is -0.00859. The molecule has 2 aromatic carbocycles. The molecule has 7 nitrogen and oxygen atoms in total. The lowest BCUT2D eigenvalue weighted by atomic mass is 10.1. The second-order valence-electron chi connectivity index (χ2n) is 6.81. The second kappa shape index (κ2) is 9.20. The van der Waals surface area contributed by atoms with E-state index in [2.05, 4.69) is 10.4 Å². The molecule has 4 rings (SSSR count). The summed E-state index contributed by atoms with van der Waals surface area (Å²) >= 11 is 11.5. The smallest absolute Gasteiger partial charge is 0.246 e. The van der Waals surface area contributed by atoms with E-state index in [0.717, 1.165) is 11.3 Å². The number of hydrogen-bond acceptors (Lipinski definition) is 4. The Bertz CT molecular complexity index is 1230. The first-order valence-corrected chi connectivity index (χ1v) is 10.3. The van der Waals surface area contributed by atoms with Gasteiger partial charge in [-0.2, -0.15) is 5.10 Å². The number of hydrogen-bond donors (Lipinski definition) is 1. The van der Waals surface area contributed by atoms with Crippen LogP contribution in [0.1, 0.15) is 11.4 Å². The maximum absolute atomic E-state index is 12.6. The van der Waals surface area contributed by atoms with Crippen molar-refractivity contribution >= 4 is 35.4 Å². The van der Waals surface area contributed by atoms with Gasteiger partial charge in [-0.25, -0.2) is 9.36 Å². The third-order valence-electron chi connectivity index (χ3n) is 4.64. The van der Waals surface area contributed by atoms with Gasteiger partial charge in [0.2, 0.25) is 10.7 Å². The predicted molar refractivity (Wildman–Crippen MR) is 122 cm³/mol. The summed E-state index contributed by atoms with van der Waals surface area (Å²) in [6.07, 6.45) is 4.30. The molecule has 1 amide bonds. The minimum absolute atomic E-state index is 0.00859. The fourth-order valence-electron chi connectivity index (χ4n) is 3.14. The number of methoxy groups -OCH3 is 1. The van der Waals surface area contributed by atoms with Crippen LogP contribution in [0.4, 0.5) is 5.69 Å². The summed E-state index contributed by atoms with van der Waals surface area (Å²) in [5.41, 5.74) is 1.70. The van der Waals surface area contributed by atoms with Crippen LogP contribution in [0.3, 0.4) is 0 Å². The van der Waals surface area contributed by atoms with Crippen LogP contribution in [0.25, 0.3) is 0 Å². The van der Waals surface area contributed by atoms with Gasteiger partial charge >= 0.3 is 0 Å². The Morgan fingerprint density at radius 2 is 1.77 bits per heavy atom. The number of benzene rings is 2. The molecule has 0 unspecified atom stereocenters. The molecular weight excluding hydrogens is 434 g/mol. The van der Waals surface area contributed by atoms with Crippen molar-refractivity contribution in [1.29, 1.82) is 0 Å². The molecule has 0 saturated carbocycles. The number of ether oxygens (including phenoxy) is 1. The zero-order valence-electron chi connectivity index (χ0n) is 16.7. The Labute approximate surface area is 189 Å². The van der Waals surface area contributed by atoms with Gasteiger partial charge in [-0.15, -0.1) is 0 Å². The Kier molecular flexibility index (Phi) is 6.20. The summed E-state index contributed by atoms with van der Waals surface area (Å²) in [5, 5.41) is 8.08. The lowest BCUT2D eigenvalue weighted by Gasteiger charge is -2.08. The maximum Gasteiger partial charge on any atom is 0.246 e. The number of amides is 1. The van der Waals surface area contributed by atoms with Crippen molar-refractivity contribution in [3.05, 3.63) is 94.2 Å². The van der Waals surface area contributed by atoms with Gasteiger partial charge in [0, 0.05) is 29.5 Å². The van der Waals surface area contributed by atoms with Crippen molar-refractivity contribution in [2.45, 2.75) is 13.0 Å². The number of nitrogens with zero attached hydrogens (tertiary/aromatic N) is 4. The third kappa shape index (κ3) is 4.87. The summed E-state index contributed by atoms with van der Waals surface area (Å²) in [6, 6.07) is 18.5. The largest absolute Gasteiger partial charge is 0.497 e. The molecule has 2 aromatic heterocycles. The molecule has 0 aliphatic rings. The molecule has 0 aliphatic heterocycles. The molecule has 4 aromatic rings. The number of carbonyl (C=O) groups excluding carboxylic acids is 1. The Morgan fingerprint density at radius 1 is 1.10 bits per heavy atom. The highest BCUT2D eigenvalue weighted by molar-refractivity contribution is 7.71. The van der Waals surface area contributed by atoms with Crippen molar-refractivity contribution < 1.29 is 9.53 Å². The second-order valence-corrected chi connectivity index (χ2v) is 7.61. The molecule has 0 atom stereocenters. The van der Waals surface area contributed by atoms with Crippen LogP contribution in [0.2, 0.25) is 5.02 Å². The molecule has 31 heavy (non-hydrogen) atoms. The number of nitrogens with one attached hydrogen (secondary N) is 1. The van der Waals surface area contributed by atoms with Crippen molar-refractivity contribution in [2.24, 2.45) is 0 Å². The van der Waals surface area contributed by atoms with Gasteiger partial charge in [0.25, 0.3) is 0 Å². The number of halogens is 1. The van der Waals surface area contributed by atoms with Gasteiger partial charge in [-0.1, -0.05) is 23.7 Å². The topological polar surface area (TPSA) is 66.0 Å². The Morgan fingerprint density at radius 3 is 2.42 bits per heavy atom. The highest BCUT2D eigenvalue weighted by atomic mass is 35.5. The molecule has 0 aliphatic carbocycles. The monoisotopic (exact) mass is 453 g/mol. The summed E-state index contributed by atoms with van der Waals surface area (Å²) in [4.78, 5) is 12.6. The standard InChI is InChI=1S/C22H20ClN5O2S/c1-30-19-10-4-16(5-11-19)14-20-25-27(22(31)28(20)26-12-2-3-13-26)15-21(29)24-18-8-6-17(23)7-9-18/h2-13H,14-15H2,1H3,(H,24,29). The minimum atomic E-state index is -0.230. The molecule has 0 radical (unpaired) electrons. The predicted octanol–water partition coefficient (Wildman–Crippen LogP) is 4.42. The summed E-state index contributed by atoms with van der Waals surface area (Å²) in [5.74, 6) is 1.27. The SMILES string of the molecule is COc1ccc(Cc2nn(CC(=O)Nc3ccc(Cl)cc3)c(=S)n2-n2cccc2)cc1. The zero-order chi connectivity index (χ0) is 21.8. The van der Waals surface area contributed by atoms with Gasteiger partial charge < -0.3 is 10.1 Å². The van der Waals surface area contributed by atoms with Crippen molar-refractivity contribution in [2.75, 3.05) is 12.4 Å². The van der Waals surface area contributed by atoms with Crippen molar-refractivity contribution in [3.8, 4) is 5.75 Å². The highest BCUT2D eigenvalue weighted by Crippen LogP contribution is 2.16. The summed E-state index contributed by atoms with van der Waals surface area (Å²) < 4.78 is 10.8. The Hall–Kier alpha value is -3.36. The van der Waals surface area contributed by atoms with Crippen LogP contribution in [-0.2, 0) is 17.8 Å². The minimum Gasteiger partial charge on any atom is -0.497 e. The van der Waals surface area contributed by atoms with E-state index >= 15 is 0 Å². The van der Waals surface area contributed by atoms with E-state index in [4.69, 9.17) is 28.6 Å². The lowest BCUT2D eigenvalue weighted by Crippen LogP contribution is -2.20. The lowest BCUT2D eigenvalue weighted by molar-refractivity contribution is -0.116. The number of carbonyl (C=O) groups is 1. The van der Waals surface area contributed by atoms with Gasteiger partial charge in [-0.05, 0) is 66.3 Å². The first kappa shape index (κ1) is 20.9. The Balaban J connectivity index is 1.60. The van der Waals surface area contributed by atoms with Gasteiger partial charge in [0.1, 0.15) is 12.3 Å². The van der Waals surface area contributed by atoms with Crippen LogP contribution in [-0.4, -0.2) is 32.1 Å². The van der Waals surface area contributed by atoms with Crippen molar-refractivity contribution in [1.82, 2.24) is 19.1 Å². The molecule has 158 valence electrons. The van der Waals surface area contributed by atoms with E-state index in [-0.39, 0.29) is 12.5 Å². The van der Waals surface area contributed by atoms with Crippen LogP contribution >= 0.6 is 23.8 Å². The van der Waals surface area contributed by atoms with Crippen molar-refractivity contribution in [3.63, 3.8) is 0 Å². The van der Waals surface area contributed by atoms with Crippen LogP contribution < -0.4 is 10.1 Å². The van der Waals surface area contributed by atoms with E-state index < -0.39 is 0 Å². The molecule has 2 heterocycles. The van der Waals surface area contributed by atoms with Crippen LogP contribution in [0, 0.1) is 4.77 Å². The molecule has 0 bridgehead atoms. The van der Waals surface area contributed by atoms with Gasteiger partial charge in [0.05, 0.1) is 7.11 Å². The zero-order valence-corrected chi connectivity index (χ0v) is 18.3. The highest BCUT2D eigenvalue weighted by Gasteiger charge is 2.15. The molecule has 0 saturated heterocycles. The number of aromatic nitrogens is 4. The normalized spacial score (nSPS) is 10.8. The number of rotatable bonds is 7. The van der Waals surface area contributed by atoms with E-state index in [1.807, 2.05) is 58.1 Å². The van der Waals surface area contributed by atoms with E-state index in [1.54, 1.807) is 31.4 Å². The fraction of sp³-hybridized carbons (Fsp3) is 0.136. The van der Waals surface area contributed by atoms with Gasteiger partial charge in [0.15, 0.2) is 5.82 Å². The molecule has 0 spiro atoms. The first-order valence-electron chi connectivity index (χ1n) is 9.54. The van der Waals surface area contributed by atoms with E-state index in [9.17, 15) is 4.79 Å². The first-order chi connectivity index (χ1) is 15.0. The maximum atomic E-state index is 12.6.